The molecule has 1 aromatic rings. The summed E-state index contributed by atoms with van der Waals surface area (Å²) in [6.07, 6.45) is 1.44. The molecule has 0 fully saturated rings. The van der Waals surface area contributed by atoms with E-state index in [4.69, 9.17) is 11.6 Å². The lowest BCUT2D eigenvalue weighted by Gasteiger charge is -1.97. The minimum absolute atomic E-state index is 0.225. The molecule has 56 valence electrons. The summed E-state index contributed by atoms with van der Waals surface area (Å²) >= 11 is 5.88. The summed E-state index contributed by atoms with van der Waals surface area (Å²) in [7, 11) is 0. The second kappa shape index (κ2) is 2.35. The van der Waals surface area contributed by atoms with E-state index in [0.717, 1.165) is 22.6 Å². The summed E-state index contributed by atoms with van der Waals surface area (Å²) in [5.41, 5.74) is 1.84. The van der Waals surface area contributed by atoms with E-state index in [1.807, 2.05) is 18.2 Å². The fourth-order valence-electron chi connectivity index (χ4n) is 1.45. The number of hydrogen-bond donors (Lipinski definition) is 0. The Morgan fingerprint density at radius 3 is 2.82 bits per heavy atom. The van der Waals surface area contributed by atoms with Crippen molar-refractivity contribution in [2.45, 2.75) is 12.8 Å². The zero-order valence-corrected chi connectivity index (χ0v) is 6.69. The Hall–Kier alpha value is -0.820. The van der Waals surface area contributed by atoms with E-state index in [9.17, 15) is 4.79 Å². The number of benzene rings is 1. The summed E-state index contributed by atoms with van der Waals surface area (Å²) in [4.78, 5) is 11.2. The van der Waals surface area contributed by atoms with Crippen LogP contribution in [0.2, 0.25) is 5.02 Å². The van der Waals surface area contributed by atoms with E-state index in [1.165, 1.54) is 0 Å². The number of carbonyl (C=O) groups excluding carboxylic acids is 1. The molecule has 1 aromatic carbocycles. The first-order valence-corrected chi connectivity index (χ1v) is 3.97. The van der Waals surface area contributed by atoms with E-state index in [2.05, 4.69) is 0 Å². The van der Waals surface area contributed by atoms with Gasteiger partial charge in [-0.3, -0.25) is 4.79 Å². The Morgan fingerprint density at radius 1 is 1.27 bits per heavy atom. The Balaban J connectivity index is 2.66. The van der Waals surface area contributed by atoms with Gasteiger partial charge in [0.2, 0.25) is 0 Å². The first kappa shape index (κ1) is 6.86. The molecule has 1 aliphatic rings. The van der Waals surface area contributed by atoms with Gasteiger partial charge in [-0.15, -0.1) is 0 Å². The number of fused-ring (bicyclic) bond motifs is 1. The number of rotatable bonds is 0. The first-order valence-electron chi connectivity index (χ1n) is 3.59. The second-order valence-electron chi connectivity index (χ2n) is 2.69. The monoisotopic (exact) mass is 166 g/mol. The molecule has 0 radical (unpaired) electrons. The Bertz CT molecular complexity index is 317. The van der Waals surface area contributed by atoms with Gasteiger partial charge in [-0.25, -0.2) is 0 Å². The average molecular weight is 167 g/mol. The lowest BCUT2D eigenvalue weighted by Crippen LogP contribution is -1.89. The van der Waals surface area contributed by atoms with Crippen molar-refractivity contribution < 1.29 is 4.79 Å². The maximum atomic E-state index is 11.2. The maximum absolute atomic E-state index is 11.2. The lowest BCUT2D eigenvalue weighted by atomic mass is 10.1. The molecule has 11 heavy (non-hydrogen) atoms. The van der Waals surface area contributed by atoms with Crippen molar-refractivity contribution in [2.75, 3.05) is 0 Å². The van der Waals surface area contributed by atoms with Crippen molar-refractivity contribution in [3.63, 3.8) is 0 Å². The maximum Gasteiger partial charge on any atom is 0.163 e. The van der Waals surface area contributed by atoms with Crippen molar-refractivity contribution in [1.29, 1.82) is 0 Å². The van der Waals surface area contributed by atoms with Gasteiger partial charge in [0.15, 0.2) is 5.78 Å². The van der Waals surface area contributed by atoms with Crippen molar-refractivity contribution in [3.05, 3.63) is 34.3 Å². The normalized spacial score (nSPS) is 15.2. The smallest absolute Gasteiger partial charge is 0.163 e. The van der Waals surface area contributed by atoms with Crippen molar-refractivity contribution in [2.24, 2.45) is 0 Å². The van der Waals surface area contributed by atoms with Gasteiger partial charge in [-0.1, -0.05) is 23.7 Å². The zero-order chi connectivity index (χ0) is 7.84. The molecule has 2 rings (SSSR count). The molecule has 0 aliphatic heterocycles. The number of hydrogen-bond acceptors (Lipinski definition) is 1. The van der Waals surface area contributed by atoms with E-state index >= 15 is 0 Å². The molecule has 0 heterocycles. The Morgan fingerprint density at radius 2 is 2.09 bits per heavy atom. The molecule has 0 aromatic heterocycles. The van der Waals surface area contributed by atoms with Crippen LogP contribution in [0.1, 0.15) is 22.3 Å². The summed E-state index contributed by atoms with van der Waals surface area (Å²) in [5.74, 6) is 0.225. The highest BCUT2D eigenvalue weighted by atomic mass is 35.5. The number of ketones is 1. The minimum atomic E-state index is 0.225. The molecule has 0 unspecified atom stereocenters. The molecule has 2 heteroatoms. The fourth-order valence-corrected chi connectivity index (χ4v) is 1.72. The lowest BCUT2D eigenvalue weighted by molar-refractivity contribution is 0.0994. The van der Waals surface area contributed by atoms with Crippen LogP contribution in [0.25, 0.3) is 0 Å². The van der Waals surface area contributed by atoms with E-state index in [1.54, 1.807) is 0 Å². The Labute approximate surface area is 70.0 Å². The van der Waals surface area contributed by atoms with Gasteiger partial charge in [0, 0.05) is 17.0 Å². The molecule has 0 atom stereocenters. The highest BCUT2D eigenvalue weighted by Gasteiger charge is 2.20. The first-order chi connectivity index (χ1) is 5.29. The van der Waals surface area contributed by atoms with Crippen LogP contribution in [0.15, 0.2) is 18.2 Å². The van der Waals surface area contributed by atoms with Gasteiger partial charge in [0.25, 0.3) is 0 Å². The van der Waals surface area contributed by atoms with Crippen LogP contribution in [-0.2, 0) is 6.42 Å². The average Bonchev–Trinajstić information content (AvgIpc) is 2.35. The van der Waals surface area contributed by atoms with Crippen LogP contribution >= 0.6 is 11.6 Å². The van der Waals surface area contributed by atoms with Gasteiger partial charge in [-0.05, 0) is 18.1 Å². The van der Waals surface area contributed by atoms with Crippen molar-refractivity contribution in [1.82, 2.24) is 0 Å². The van der Waals surface area contributed by atoms with Gasteiger partial charge >= 0.3 is 0 Å². The molecule has 1 aliphatic carbocycles. The molecular formula is C9H7ClO. The van der Waals surface area contributed by atoms with Crippen LogP contribution in [0.3, 0.4) is 0 Å². The molecule has 0 amide bonds. The quantitative estimate of drug-likeness (QED) is 0.579. The van der Waals surface area contributed by atoms with E-state index in [0.29, 0.717) is 6.42 Å². The predicted molar refractivity (Wildman–Crippen MR) is 44.1 cm³/mol. The Kier molecular flexibility index (Phi) is 1.46. The van der Waals surface area contributed by atoms with Crippen LogP contribution in [0.5, 0.6) is 0 Å². The summed E-state index contributed by atoms with van der Waals surface area (Å²) in [6.45, 7) is 0. The van der Waals surface area contributed by atoms with E-state index < -0.39 is 0 Å². The largest absolute Gasteiger partial charge is 0.294 e. The van der Waals surface area contributed by atoms with Crippen LogP contribution in [0.4, 0.5) is 0 Å². The van der Waals surface area contributed by atoms with Gasteiger partial charge in [0.1, 0.15) is 0 Å². The summed E-state index contributed by atoms with van der Waals surface area (Å²) in [6, 6.07) is 5.50. The van der Waals surface area contributed by atoms with Crippen molar-refractivity contribution in [3.8, 4) is 0 Å². The number of Topliss-reactive ketones (excluding diaryl/α,β-unsaturated/α-hetero) is 1. The highest BCUT2D eigenvalue weighted by Crippen LogP contribution is 2.27. The van der Waals surface area contributed by atoms with Gasteiger partial charge < -0.3 is 0 Å². The molecular weight excluding hydrogens is 160 g/mol. The molecule has 0 N–H and O–H groups in total. The second-order valence-corrected chi connectivity index (χ2v) is 3.10. The van der Waals surface area contributed by atoms with Crippen LogP contribution in [-0.4, -0.2) is 5.78 Å². The molecule has 0 bridgehead atoms. The highest BCUT2D eigenvalue weighted by molar-refractivity contribution is 6.32. The standard InChI is InChI=1S/C9H7ClO/c10-8-3-1-2-7-6(8)4-5-9(7)11/h1-3H,4-5H2. The topological polar surface area (TPSA) is 17.1 Å². The predicted octanol–water partition coefficient (Wildman–Crippen LogP) is 2.47. The molecule has 0 saturated heterocycles. The minimum Gasteiger partial charge on any atom is -0.294 e. The van der Waals surface area contributed by atoms with Crippen LogP contribution in [0, 0.1) is 0 Å². The van der Waals surface area contributed by atoms with Crippen LogP contribution < -0.4 is 0 Å². The third kappa shape index (κ3) is 0.962. The van der Waals surface area contributed by atoms with E-state index in [-0.39, 0.29) is 5.78 Å². The van der Waals surface area contributed by atoms with Gasteiger partial charge in [-0.2, -0.15) is 0 Å². The van der Waals surface area contributed by atoms with Gasteiger partial charge in [0.05, 0.1) is 0 Å². The summed E-state index contributed by atoms with van der Waals surface area (Å²) in [5, 5.41) is 0.730. The molecule has 0 spiro atoms. The third-order valence-electron chi connectivity index (χ3n) is 2.02. The fraction of sp³-hybridized carbons (Fsp3) is 0.222. The number of halogens is 1. The summed E-state index contributed by atoms with van der Waals surface area (Å²) < 4.78 is 0. The zero-order valence-electron chi connectivity index (χ0n) is 5.93. The third-order valence-corrected chi connectivity index (χ3v) is 2.38. The molecule has 0 saturated carbocycles. The number of carbonyl (C=O) groups is 1. The molecule has 1 nitrogen and oxygen atoms in total. The SMILES string of the molecule is O=C1CCc2c(Cl)cccc21. The van der Waals surface area contributed by atoms with Crippen molar-refractivity contribution >= 4 is 17.4 Å².